The van der Waals surface area contributed by atoms with Crippen molar-refractivity contribution in [3.63, 3.8) is 0 Å². The molecule has 30 heavy (non-hydrogen) atoms. The lowest BCUT2D eigenvalue weighted by molar-refractivity contribution is -0.143. The maximum atomic E-state index is 12.5. The molecule has 1 heterocycles. The Balaban J connectivity index is 1.91. The van der Waals surface area contributed by atoms with Crippen LogP contribution >= 0.6 is 15.9 Å². The van der Waals surface area contributed by atoms with Crippen LogP contribution in [0.2, 0.25) is 0 Å². The van der Waals surface area contributed by atoms with Crippen molar-refractivity contribution < 1.29 is 19.4 Å². The number of aromatic nitrogens is 1. The lowest BCUT2D eigenvalue weighted by Gasteiger charge is -2.09. The fourth-order valence-electron chi connectivity index (χ4n) is 2.84. The summed E-state index contributed by atoms with van der Waals surface area (Å²) in [5.41, 5.74) is 3.24. The van der Waals surface area contributed by atoms with Crippen LogP contribution in [0.4, 0.5) is 0 Å². The van der Waals surface area contributed by atoms with Gasteiger partial charge in [0.1, 0.15) is 5.69 Å². The number of carbonyl (C=O) groups excluding carboxylic acids is 2. The first-order valence-corrected chi connectivity index (χ1v) is 10.3. The van der Waals surface area contributed by atoms with Crippen LogP contribution in [-0.4, -0.2) is 28.4 Å². The largest absolute Gasteiger partial charge is 0.504 e. The molecule has 0 spiro atoms. The van der Waals surface area contributed by atoms with Crippen molar-refractivity contribution in [3.8, 4) is 17.6 Å². The number of halogens is 1. The molecule has 152 valence electrons. The van der Waals surface area contributed by atoms with Gasteiger partial charge in [-0.05, 0) is 54.0 Å². The average molecular weight is 466 g/mol. The van der Waals surface area contributed by atoms with Gasteiger partial charge in [0.05, 0.1) is 23.0 Å². The molecule has 3 aromatic rings. The standard InChI is InChI=1S/C24H20BrNO4/c1-3-30-21(28)13-12-20(27)23-24(29)22(25)18-11-10-17(14-19(18)26-23)9-8-16-6-4-15(2)5-7-16/h4-7,10-11,14,29H,3,12-13H2,1-2H3. The molecule has 2 aromatic carbocycles. The van der Waals surface area contributed by atoms with Gasteiger partial charge in [-0.1, -0.05) is 35.6 Å². The number of esters is 1. The van der Waals surface area contributed by atoms with Crippen molar-refractivity contribution in [3.05, 3.63) is 69.3 Å². The van der Waals surface area contributed by atoms with Crippen LogP contribution in [0.3, 0.4) is 0 Å². The van der Waals surface area contributed by atoms with E-state index in [9.17, 15) is 14.7 Å². The molecular formula is C24H20BrNO4. The second kappa shape index (κ2) is 9.55. The number of ether oxygens (including phenoxy) is 1. The molecule has 0 saturated carbocycles. The van der Waals surface area contributed by atoms with Crippen LogP contribution in [0.15, 0.2) is 46.9 Å². The Bertz CT molecular complexity index is 1170. The van der Waals surface area contributed by atoms with Crippen molar-refractivity contribution in [1.29, 1.82) is 0 Å². The van der Waals surface area contributed by atoms with Crippen molar-refractivity contribution in [2.24, 2.45) is 0 Å². The predicted molar refractivity (Wildman–Crippen MR) is 118 cm³/mol. The second-order valence-electron chi connectivity index (χ2n) is 6.70. The third-order valence-electron chi connectivity index (χ3n) is 4.43. The molecule has 0 aliphatic rings. The Labute approximate surface area is 183 Å². The summed E-state index contributed by atoms with van der Waals surface area (Å²) >= 11 is 3.34. The zero-order valence-electron chi connectivity index (χ0n) is 16.7. The molecule has 1 N–H and O–H groups in total. The monoisotopic (exact) mass is 465 g/mol. The van der Waals surface area contributed by atoms with Gasteiger partial charge in [0.15, 0.2) is 11.5 Å². The topological polar surface area (TPSA) is 76.5 Å². The first-order chi connectivity index (χ1) is 14.4. The van der Waals surface area contributed by atoms with Crippen molar-refractivity contribution in [2.75, 3.05) is 6.61 Å². The summed E-state index contributed by atoms with van der Waals surface area (Å²) in [5.74, 6) is 5.07. The number of ketones is 1. The third kappa shape index (κ3) is 5.05. The summed E-state index contributed by atoms with van der Waals surface area (Å²) in [6.07, 6.45) is -0.157. The molecule has 0 unspecified atom stereocenters. The Morgan fingerprint density at radius 3 is 2.43 bits per heavy atom. The zero-order chi connectivity index (χ0) is 21.7. The van der Waals surface area contributed by atoms with Crippen LogP contribution in [0, 0.1) is 18.8 Å². The van der Waals surface area contributed by atoms with Gasteiger partial charge < -0.3 is 9.84 Å². The Kier molecular flexibility index (Phi) is 6.86. The quantitative estimate of drug-likeness (QED) is 0.328. The molecule has 0 aliphatic carbocycles. The van der Waals surface area contributed by atoms with E-state index >= 15 is 0 Å². The van der Waals surface area contributed by atoms with Crippen LogP contribution in [0.5, 0.6) is 5.75 Å². The average Bonchev–Trinajstić information content (AvgIpc) is 2.74. The number of hydrogen-bond acceptors (Lipinski definition) is 5. The van der Waals surface area contributed by atoms with Crippen molar-refractivity contribution in [2.45, 2.75) is 26.7 Å². The number of rotatable bonds is 5. The van der Waals surface area contributed by atoms with Crippen LogP contribution in [0.25, 0.3) is 10.9 Å². The number of fused-ring (bicyclic) bond motifs is 1. The van der Waals surface area contributed by atoms with Crippen LogP contribution in [-0.2, 0) is 9.53 Å². The number of aryl methyl sites for hydroxylation is 1. The number of aromatic hydroxyl groups is 1. The number of nitrogens with zero attached hydrogens (tertiary/aromatic N) is 1. The highest BCUT2D eigenvalue weighted by Gasteiger charge is 2.20. The first kappa shape index (κ1) is 21.5. The number of Topliss-reactive ketones (excluding diaryl/α,β-unsaturated/α-hetero) is 1. The molecule has 5 nitrogen and oxygen atoms in total. The highest BCUT2D eigenvalue weighted by Crippen LogP contribution is 2.34. The summed E-state index contributed by atoms with van der Waals surface area (Å²) in [6.45, 7) is 3.97. The van der Waals surface area contributed by atoms with Gasteiger partial charge in [0.25, 0.3) is 0 Å². The Hall–Kier alpha value is -3.17. The Morgan fingerprint density at radius 1 is 1.07 bits per heavy atom. The highest BCUT2D eigenvalue weighted by molar-refractivity contribution is 9.10. The summed E-state index contributed by atoms with van der Waals surface area (Å²) in [7, 11) is 0. The van der Waals surface area contributed by atoms with E-state index in [0.29, 0.717) is 15.4 Å². The van der Waals surface area contributed by atoms with Gasteiger partial charge >= 0.3 is 5.97 Å². The highest BCUT2D eigenvalue weighted by atomic mass is 79.9. The minimum absolute atomic E-state index is 0.0640. The van der Waals surface area contributed by atoms with E-state index in [1.165, 1.54) is 5.56 Å². The molecule has 0 amide bonds. The van der Waals surface area contributed by atoms with Crippen LogP contribution in [0.1, 0.15) is 46.9 Å². The second-order valence-corrected chi connectivity index (χ2v) is 7.49. The Morgan fingerprint density at radius 2 is 1.73 bits per heavy atom. The molecule has 0 fully saturated rings. The van der Waals surface area contributed by atoms with Crippen molar-refractivity contribution in [1.82, 2.24) is 4.98 Å². The summed E-state index contributed by atoms with van der Waals surface area (Å²) in [5, 5.41) is 11.1. The van der Waals surface area contributed by atoms with Gasteiger partial charge in [0.2, 0.25) is 0 Å². The maximum absolute atomic E-state index is 12.5. The summed E-state index contributed by atoms with van der Waals surface area (Å²) < 4.78 is 5.22. The van der Waals surface area contributed by atoms with E-state index in [1.807, 2.05) is 37.3 Å². The normalized spacial score (nSPS) is 10.4. The van der Waals surface area contributed by atoms with Gasteiger partial charge in [-0.25, -0.2) is 4.98 Å². The number of pyridine rings is 1. The van der Waals surface area contributed by atoms with E-state index < -0.39 is 11.8 Å². The lowest BCUT2D eigenvalue weighted by atomic mass is 10.1. The van der Waals surface area contributed by atoms with Gasteiger partial charge in [0, 0.05) is 22.9 Å². The smallest absolute Gasteiger partial charge is 0.306 e. The van der Waals surface area contributed by atoms with Crippen LogP contribution < -0.4 is 0 Å². The van der Waals surface area contributed by atoms with Gasteiger partial charge in [-0.15, -0.1) is 0 Å². The molecule has 6 heteroatoms. The summed E-state index contributed by atoms with van der Waals surface area (Å²) in [4.78, 5) is 28.4. The van der Waals surface area contributed by atoms with Gasteiger partial charge in [-0.2, -0.15) is 0 Å². The zero-order valence-corrected chi connectivity index (χ0v) is 18.2. The lowest BCUT2D eigenvalue weighted by Crippen LogP contribution is -2.09. The third-order valence-corrected chi connectivity index (χ3v) is 5.23. The molecular weight excluding hydrogens is 446 g/mol. The van der Waals surface area contributed by atoms with E-state index in [2.05, 4.69) is 32.8 Å². The number of benzene rings is 2. The molecule has 0 radical (unpaired) electrons. The van der Waals surface area contributed by atoms with E-state index in [4.69, 9.17) is 4.74 Å². The molecule has 0 aliphatic heterocycles. The molecule has 3 rings (SSSR count). The SMILES string of the molecule is CCOC(=O)CCC(=O)c1nc2cc(C#Cc3ccc(C)cc3)ccc2c(Br)c1O. The molecule has 0 atom stereocenters. The van der Waals surface area contributed by atoms with Gasteiger partial charge in [-0.3, -0.25) is 9.59 Å². The minimum atomic E-state index is -0.459. The van der Waals surface area contributed by atoms with E-state index in [0.717, 1.165) is 11.1 Å². The van der Waals surface area contributed by atoms with E-state index in [1.54, 1.807) is 19.1 Å². The fourth-order valence-corrected chi connectivity index (χ4v) is 3.36. The maximum Gasteiger partial charge on any atom is 0.306 e. The number of hydrogen-bond donors (Lipinski definition) is 1. The van der Waals surface area contributed by atoms with Crippen molar-refractivity contribution >= 4 is 38.6 Å². The minimum Gasteiger partial charge on any atom is -0.504 e. The molecule has 0 bridgehead atoms. The summed E-state index contributed by atoms with van der Waals surface area (Å²) in [6, 6.07) is 13.3. The number of carbonyl (C=O) groups is 2. The molecule has 1 aromatic heterocycles. The predicted octanol–water partition coefficient (Wildman–Crippen LogP) is 4.94. The fraction of sp³-hybridized carbons (Fsp3) is 0.208. The molecule has 0 saturated heterocycles. The first-order valence-electron chi connectivity index (χ1n) is 9.48. The van der Waals surface area contributed by atoms with E-state index in [-0.39, 0.29) is 30.9 Å².